The van der Waals surface area contributed by atoms with Gasteiger partial charge in [-0.05, 0) is 47.0 Å². The van der Waals surface area contributed by atoms with E-state index in [9.17, 15) is 4.39 Å². The lowest BCUT2D eigenvalue weighted by molar-refractivity contribution is 0.415. The van der Waals surface area contributed by atoms with Crippen molar-refractivity contribution in [2.24, 2.45) is 0 Å². The molecule has 0 aromatic heterocycles. The number of benzene rings is 3. The van der Waals surface area contributed by atoms with Crippen molar-refractivity contribution in [1.29, 1.82) is 0 Å². The highest BCUT2D eigenvalue weighted by molar-refractivity contribution is 6.30. The summed E-state index contributed by atoms with van der Waals surface area (Å²) in [4.78, 5) is 0. The minimum Gasteiger partial charge on any atom is -0.497 e. The Morgan fingerprint density at radius 1 is 0.818 bits per heavy atom. The molecule has 3 aromatic rings. The normalized spacial score (nSPS) is 10.5. The average molecular weight is 313 g/mol. The molecule has 0 spiro atoms. The maximum absolute atomic E-state index is 14.4. The molecule has 1 nitrogen and oxygen atoms in total. The predicted octanol–water partition coefficient (Wildman–Crippen LogP) is 5.82. The van der Waals surface area contributed by atoms with Crippen molar-refractivity contribution in [2.45, 2.75) is 0 Å². The number of methoxy groups -OCH3 is 1. The molecular formula is C19H14ClFO. The van der Waals surface area contributed by atoms with Gasteiger partial charge in [0.1, 0.15) is 11.6 Å². The van der Waals surface area contributed by atoms with E-state index < -0.39 is 0 Å². The van der Waals surface area contributed by atoms with E-state index >= 15 is 0 Å². The Labute approximate surface area is 133 Å². The third kappa shape index (κ3) is 2.83. The number of hydrogen-bond acceptors (Lipinski definition) is 1. The molecule has 0 bridgehead atoms. The topological polar surface area (TPSA) is 9.23 Å². The standard InChI is InChI=1S/C19H14ClFO/c1-22-16-11-7-14(8-12-16)19-17(3-2-4-18(19)21)13-5-9-15(20)10-6-13/h2-12H,1H3. The molecule has 3 rings (SSSR count). The Kier molecular flexibility index (Phi) is 4.12. The van der Waals surface area contributed by atoms with Gasteiger partial charge in [0.2, 0.25) is 0 Å². The van der Waals surface area contributed by atoms with Gasteiger partial charge in [-0.3, -0.25) is 0 Å². The summed E-state index contributed by atoms with van der Waals surface area (Å²) in [5.74, 6) is 0.491. The monoisotopic (exact) mass is 312 g/mol. The van der Waals surface area contributed by atoms with Crippen molar-refractivity contribution in [2.75, 3.05) is 7.11 Å². The molecule has 0 N–H and O–H groups in total. The van der Waals surface area contributed by atoms with Crippen LogP contribution in [-0.2, 0) is 0 Å². The summed E-state index contributed by atoms with van der Waals surface area (Å²) in [5.41, 5.74) is 3.15. The summed E-state index contributed by atoms with van der Waals surface area (Å²) < 4.78 is 19.6. The first kappa shape index (κ1) is 14.6. The number of halogens is 2. The van der Waals surface area contributed by atoms with Crippen molar-refractivity contribution >= 4 is 11.6 Å². The molecule has 22 heavy (non-hydrogen) atoms. The highest BCUT2D eigenvalue weighted by Gasteiger charge is 2.12. The van der Waals surface area contributed by atoms with Crippen LogP contribution in [0.1, 0.15) is 0 Å². The second-order valence-corrected chi connectivity index (χ2v) is 5.33. The summed E-state index contributed by atoms with van der Waals surface area (Å²) >= 11 is 5.93. The lowest BCUT2D eigenvalue weighted by Crippen LogP contribution is -1.90. The van der Waals surface area contributed by atoms with E-state index in [0.717, 1.165) is 22.4 Å². The van der Waals surface area contributed by atoms with E-state index in [2.05, 4.69) is 0 Å². The zero-order valence-corrected chi connectivity index (χ0v) is 12.8. The molecule has 0 amide bonds. The Morgan fingerprint density at radius 3 is 2.09 bits per heavy atom. The number of rotatable bonds is 3. The van der Waals surface area contributed by atoms with Gasteiger partial charge in [-0.15, -0.1) is 0 Å². The average Bonchev–Trinajstić information content (AvgIpc) is 2.55. The van der Waals surface area contributed by atoms with Gasteiger partial charge in [0.15, 0.2) is 0 Å². The molecule has 0 unspecified atom stereocenters. The Hall–Kier alpha value is -2.32. The van der Waals surface area contributed by atoms with Gasteiger partial charge >= 0.3 is 0 Å². The first-order valence-electron chi connectivity index (χ1n) is 6.88. The Balaban J connectivity index is 2.15. The molecular weight excluding hydrogens is 299 g/mol. The van der Waals surface area contributed by atoms with Crippen LogP contribution in [0, 0.1) is 5.82 Å². The fourth-order valence-corrected chi connectivity index (χ4v) is 2.57. The van der Waals surface area contributed by atoms with Crippen molar-refractivity contribution in [3.63, 3.8) is 0 Å². The van der Waals surface area contributed by atoms with E-state index in [-0.39, 0.29) is 5.82 Å². The van der Waals surface area contributed by atoms with Gasteiger partial charge in [-0.2, -0.15) is 0 Å². The van der Waals surface area contributed by atoms with Crippen molar-refractivity contribution in [1.82, 2.24) is 0 Å². The Bertz CT molecular complexity index is 780. The van der Waals surface area contributed by atoms with Crippen LogP contribution in [0.25, 0.3) is 22.3 Å². The predicted molar refractivity (Wildman–Crippen MR) is 88.8 cm³/mol. The third-order valence-corrected chi connectivity index (χ3v) is 3.80. The van der Waals surface area contributed by atoms with Gasteiger partial charge in [0.05, 0.1) is 7.11 Å². The van der Waals surface area contributed by atoms with E-state index in [1.54, 1.807) is 25.3 Å². The molecule has 0 fully saturated rings. The van der Waals surface area contributed by atoms with Gasteiger partial charge in [-0.25, -0.2) is 4.39 Å². The molecule has 0 aliphatic rings. The zero-order valence-electron chi connectivity index (χ0n) is 12.0. The summed E-state index contributed by atoms with van der Waals surface area (Å²) in [6.07, 6.45) is 0. The molecule has 0 aliphatic heterocycles. The molecule has 3 heteroatoms. The van der Waals surface area contributed by atoms with Crippen LogP contribution in [0.5, 0.6) is 5.75 Å². The minimum absolute atomic E-state index is 0.252. The first-order valence-corrected chi connectivity index (χ1v) is 7.26. The zero-order chi connectivity index (χ0) is 15.5. The minimum atomic E-state index is -0.252. The van der Waals surface area contributed by atoms with Gasteiger partial charge < -0.3 is 4.74 Å². The quantitative estimate of drug-likeness (QED) is 0.592. The van der Waals surface area contributed by atoms with Crippen LogP contribution < -0.4 is 4.74 Å². The van der Waals surface area contributed by atoms with E-state index in [1.807, 2.05) is 42.5 Å². The van der Waals surface area contributed by atoms with Crippen LogP contribution in [0.2, 0.25) is 5.02 Å². The Morgan fingerprint density at radius 2 is 1.45 bits per heavy atom. The second-order valence-electron chi connectivity index (χ2n) is 4.90. The SMILES string of the molecule is COc1ccc(-c2c(F)cccc2-c2ccc(Cl)cc2)cc1. The lowest BCUT2D eigenvalue weighted by Gasteiger charge is -2.12. The molecule has 0 radical (unpaired) electrons. The number of ether oxygens (including phenoxy) is 1. The second kappa shape index (κ2) is 6.20. The van der Waals surface area contributed by atoms with E-state index in [4.69, 9.17) is 16.3 Å². The molecule has 0 aliphatic carbocycles. The lowest BCUT2D eigenvalue weighted by atomic mass is 9.94. The van der Waals surface area contributed by atoms with Gasteiger partial charge in [0, 0.05) is 10.6 Å². The highest BCUT2D eigenvalue weighted by atomic mass is 35.5. The van der Waals surface area contributed by atoms with Gasteiger partial charge in [-0.1, -0.05) is 48.0 Å². The third-order valence-electron chi connectivity index (χ3n) is 3.55. The van der Waals surface area contributed by atoms with Crippen molar-refractivity contribution in [3.8, 4) is 28.0 Å². The summed E-state index contributed by atoms with van der Waals surface area (Å²) in [5, 5.41) is 0.658. The van der Waals surface area contributed by atoms with E-state index in [1.165, 1.54) is 6.07 Å². The van der Waals surface area contributed by atoms with Crippen LogP contribution in [-0.4, -0.2) is 7.11 Å². The fraction of sp³-hybridized carbons (Fsp3) is 0.0526. The summed E-state index contributed by atoms with van der Waals surface area (Å²) in [6.45, 7) is 0. The molecule has 3 aromatic carbocycles. The van der Waals surface area contributed by atoms with Gasteiger partial charge in [0.25, 0.3) is 0 Å². The first-order chi connectivity index (χ1) is 10.7. The molecule has 0 atom stereocenters. The van der Waals surface area contributed by atoms with Crippen LogP contribution in [0.4, 0.5) is 4.39 Å². The summed E-state index contributed by atoms with van der Waals surface area (Å²) in [6, 6.07) is 19.9. The van der Waals surface area contributed by atoms with Crippen molar-refractivity contribution in [3.05, 3.63) is 77.6 Å². The molecule has 0 saturated carbocycles. The van der Waals surface area contributed by atoms with Crippen LogP contribution in [0.3, 0.4) is 0 Å². The smallest absolute Gasteiger partial charge is 0.131 e. The highest BCUT2D eigenvalue weighted by Crippen LogP contribution is 2.35. The number of hydrogen-bond donors (Lipinski definition) is 0. The largest absolute Gasteiger partial charge is 0.497 e. The maximum atomic E-state index is 14.4. The molecule has 0 saturated heterocycles. The molecule has 110 valence electrons. The fourth-order valence-electron chi connectivity index (χ4n) is 2.45. The van der Waals surface area contributed by atoms with Crippen LogP contribution in [0.15, 0.2) is 66.7 Å². The molecule has 0 heterocycles. The van der Waals surface area contributed by atoms with E-state index in [0.29, 0.717) is 10.6 Å². The summed E-state index contributed by atoms with van der Waals surface area (Å²) in [7, 11) is 1.61. The maximum Gasteiger partial charge on any atom is 0.131 e. The van der Waals surface area contributed by atoms with Crippen LogP contribution >= 0.6 is 11.6 Å². The van der Waals surface area contributed by atoms with Crippen molar-refractivity contribution < 1.29 is 9.13 Å².